The molecule has 2 heterocycles. The van der Waals surface area contributed by atoms with Gasteiger partial charge in [0.15, 0.2) is 5.65 Å². The third kappa shape index (κ3) is 2.87. The average molecular weight is 361 g/mol. The minimum atomic E-state index is -0.267. The number of hydrogen-bond donors (Lipinski definition) is 0. The van der Waals surface area contributed by atoms with E-state index in [9.17, 15) is 4.79 Å². The van der Waals surface area contributed by atoms with Crippen LogP contribution in [0.15, 0.2) is 30.6 Å². The number of hydrogen-bond acceptors (Lipinski definition) is 5. The first-order chi connectivity index (χ1) is 12.0. The van der Waals surface area contributed by atoms with Crippen LogP contribution in [0.2, 0.25) is 5.02 Å². The monoisotopic (exact) mass is 360 g/mol. The van der Waals surface area contributed by atoms with Crippen molar-refractivity contribution in [3.05, 3.63) is 41.2 Å². The Morgan fingerprint density at radius 1 is 1.24 bits per heavy atom. The number of rotatable bonds is 4. The summed E-state index contributed by atoms with van der Waals surface area (Å²) >= 11 is 6.15. The van der Waals surface area contributed by atoms with Gasteiger partial charge in [0.2, 0.25) is 0 Å². The second-order valence-corrected chi connectivity index (χ2v) is 5.80. The molecule has 1 aromatic carbocycles. The summed E-state index contributed by atoms with van der Waals surface area (Å²) in [4.78, 5) is 18.7. The summed E-state index contributed by atoms with van der Waals surface area (Å²) in [7, 11) is 6.49. The summed E-state index contributed by atoms with van der Waals surface area (Å²) in [5.41, 5.74) is 1.62. The first-order valence-electron chi connectivity index (χ1n) is 7.44. The molecule has 0 aliphatic rings. The average Bonchev–Trinajstić information content (AvgIpc) is 3.00. The maximum absolute atomic E-state index is 12.9. The van der Waals surface area contributed by atoms with Crippen molar-refractivity contribution in [2.45, 2.75) is 0 Å². The summed E-state index contributed by atoms with van der Waals surface area (Å²) in [5, 5.41) is 5.26. The first-order valence-corrected chi connectivity index (χ1v) is 7.82. The number of ether oxygens (including phenoxy) is 2. The second kappa shape index (κ2) is 6.60. The number of anilines is 1. The normalized spacial score (nSPS) is 10.8. The third-order valence-corrected chi connectivity index (χ3v) is 4.27. The van der Waals surface area contributed by atoms with Crippen molar-refractivity contribution in [3.63, 3.8) is 0 Å². The fourth-order valence-corrected chi connectivity index (χ4v) is 2.86. The van der Waals surface area contributed by atoms with E-state index in [0.29, 0.717) is 38.8 Å². The molecular weight excluding hydrogens is 344 g/mol. The molecule has 2 aromatic heterocycles. The van der Waals surface area contributed by atoms with Crippen molar-refractivity contribution >= 4 is 34.2 Å². The molecule has 0 unspecified atom stereocenters. The molecule has 0 saturated heterocycles. The van der Waals surface area contributed by atoms with Crippen LogP contribution >= 0.6 is 11.6 Å². The van der Waals surface area contributed by atoms with E-state index in [2.05, 4.69) is 10.1 Å². The molecule has 0 radical (unpaired) electrons. The molecule has 0 bridgehead atoms. The second-order valence-electron chi connectivity index (χ2n) is 5.39. The molecule has 25 heavy (non-hydrogen) atoms. The molecule has 7 nitrogen and oxygen atoms in total. The molecule has 0 aliphatic carbocycles. The van der Waals surface area contributed by atoms with Crippen molar-refractivity contribution in [2.24, 2.45) is 7.05 Å². The number of pyridine rings is 1. The number of fused-ring (bicyclic) bond motifs is 1. The molecule has 0 fully saturated rings. The Morgan fingerprint density at radius 2 is 2.00 bits per heavy atom. The van der Waals surface area contributed by atoms with E-state index in [1.807, 2.05) is 0 Å². The van der Waals surface area contributed by atoms with Crippen LogP contribution in [0.4, 0.5) is 5.69 Å². The zero-order valence-electron chi connectivity index (χ0n) is 14.3. The summed E-state index contributed by atoms with van der Waals surface area (Å²) in [6.45, 7) is 0. The quantitative estimate of drug-likeness (QED) is 0.715. The van der Waals surface area contributed by atoms with Gasteiger partial charge in [-0.3, -0.25) is 9.48 Å². The summed E-state index contributed by atoms with van der Waals surface area (Å²) in [6, 6.07) is 5.13. The highest BCUT2D eigenvalue weighted by atomic mass is 35.5. The fraction of sp³-hybridized carbons (Fsp3) is 0.235. The minimum absolute atomic E-state index is 0.267. The van der Waals surface area contributed by atoms with Crippen molar-refractivity contribution in [1.82, 2.24) is 14.8 Å². The highest BCUT2D eigenvalue weighted by molar-refractivity contribution is 6.32. The van der Waals surface area contributed by atoms with E-state index in [1.54, 1.807) is 43.2 Å². The van der Waals surface area contributed by atoms with E-state index in [4.69, 9.17) is 21.1 Å². The maximum atomic E-state index is 12.9. The topological polar surface area (TPSA) is 69.5 Å². The lowest BCUT2D eigenvalue weighted by molar-refractivity contribution is 0.0990. The van der Waals surface area contributed by atoms with Gasteiger partial charge in [0.05, 0.1) is 30.8 Å². The number of amides is 1. The fourth-order valence-electron chi connectivity index (χ4n) is 2.61. The lowest BCUT2D eigenvalue weighted by Gasteiger charge is -2.19. The summed E-state index contributed by atoms with van der Waals surface area (Å²) in [6.07, 6.45) is 3.12. The number of carbonyl (C=O) groups excluding carboxylic acids is 1. The molecule has 8 heteroatoms. The number of methoxy groups -OCH3 is 2. The highest BCUT2D eigenvalue weighted by Crippen LogP contribution is 2.32. The van der Waals surface area contributed by atoms with Gasteiger partial charge in [-0.2, -0.15) is 5.10 Å². The van der Waals surface area contributed by atoms with Gasteiger partial charge in [-0.05, 0) is 18.2 Å². The van der Waals surface area contributed by atoms with Gasteiger partial charge in [0.1, 0.15) is 17.1 Å². The Balaban J connectivity index is 2.02. The van der Waals surface area contributed by atoms with Crippen molar-refractivity contribution in [3.8, 4) is 11.5 Å². The number of carbonyl (C=O) groups is 1. The van der Waals surface area contributed by atoms with Gasteiger partial charge in [0, 0.05) is 26.0 Å². The molecule has 0 atom stereocenters. The lowest BCUT2D eigenvalue weighted by Crippen LogP contribution is -2.27. The molecule has 3 aromatic rings. The predicted molar refractivity (Wildman–Crippen MR) is 95.8 cm³/mol. The zero-order chi connectivity index (χ0) is 18.1. The maximum Gasteiger partial charge on any atom is 0.263 e. The summed E-state index contributed by atoms with van der Waals surface area (Å²) < 4.78 is 12.2. The van der Waals surface area contributed by atoms with Crippen LogP contribution in [0.25, 0.3) is 11.0 Å². The highest BCUT2D eigenvalue weighted by Gasteiger charge is 2.22. The van der Waals surface area contributed by atoms with Crippen molar-refractivity contribution in [2.75, 3.05) is 26.2 Å². The lowest BCUT2D eigenvalue weighted by atomic mass is 10.1. The molecule has 1 amide bonds. The van der Waals surface area contributed by atoms with Crippen LogP contribution in [0.1, 0.15) is 10.4 Å². The molecule has 0 N–H and O–H groups in total. The van der Waals surface area contributed by atoms with Gasteiger partial charge in [-0.1, -0.05) is 11.6 Å². The largest absolute Gasteiger partial charge is 0.495 e. The molecule has 130 valence electrons. The van der Waals surface area contributed by atoms with E-state index in [0.717, 1.165) is 0 Å². The van der Waals surface area contributed by atoms with E-state index in [-0.39, 0.29) is 5.91 Å². The van der Waals surface area contributed by atoms with Gasteiger partial charge < -0.3 is 14.4 Å². The van der Waals surface area contributed by atoms with Crippen molar-refractivity contribution in [1.29, 1.82) is 0 Å². The Hall–Kier alpha value is -2.80. The SMILES string of the molecule is COc1ccc(N(C)C(=O)c2cnc3c(cnn3C)c2OC)cc1Cl. The van der Waals surface area contributed by atoms with Crippen LogP contribution in [-0.4, -0.2) is 41.9 Å². The van der Waals surface area contributed by atoms with Crippen molar-refractivity contribution < 1.29 is 14.3 Å². The molecule has 0 saturated carbocycles. The number of aromatic nitrogens is 3. The smallest absolute Gasteiger partial charge is 0.263 e. The Bertz CT molecular complexity index is 954. The summed E-state index contributed by atoms with van der Waals surface area (Å²) in [5.74, 6) is 0.716. The van der Waals surface area contributed by atoms with E-state index in [1.165, 1.54) is 25.3 Å². The van der Waals surface area contributed by atoms with Crippen LogP contribution in [-0.2, 0) is 7.05 Å². The van der Waals surface area contributed by atoms with Gasteiger partial charge in [-0.15, -0.1) is 0 Å². The zero-order valence-corrected chi connectivity index (χ0v) is 15.0. The predicted octanol–water partition coefficient (Wildman–Crippen LogP) is 2.92. The third-order valence-electron chi connectivity index (χ3n) is 3.97. The van der Waals surface area contributed by atoms with Gasteiger partial charge in [-0.25, -0.2) is 4.98 Å². The Morgan fingerprint density at radius 3 is 2.64 bits per heavy atom. The van der Waals surface area contributed by atoms with Crippen LogP contribution in [0.5, 0.6) is 11.5 Å². The van der Waals surface area contributed by atoms with Gasteiger partial charge in [0.25, 0.3) is 5.91 Å². The minimum Gasteiger partial charge on any atom is -0.495 e. The number of benzene rings is 1. The molecular formula is C17H17ClN4O3. The Kier molecular flexibility index (Phi) is 4.50. The van der Waals surface area contributed by atoms with E-state index >= 15 is 0 Å². The van der Waals surface area contributed by atoms with E-state index < -0.39 is 0 Å². The van der Waals surface area contributed by atoms with Gasteiger partial charge >= 0.3 is 0 Å². The molecule has 0 aliphatic heterocycles. The standard InChI is InChI=1S/C17H17ClN4O3/c1-21(10-5-6-14(24-3)13(18)7-10)17(23)12-8-19-16-11(15(12)25-4)9-20-22(16)2/h5-9H,1-4H3. The first kappa shape index (κ1) is 17.0. The number of aryl methyl sites for hydroxylation is 1. The number of halogens is 1. The molecule has 0 spiro atoms. The van der Waals surface area contributed by atoms with Crippen LogP contribution in [0, 0.1) is 0 Å². The Labute approximate surface area is 149 Å². The molecule has 3 rings (SSSR count). The number of nitrogens with zero attached hydrogens (tertiary/aromatic N) is 4. The van der Waals surface area contributed by atoms with Crippen LogP contribution in [0.3, 0.4) is 0 Å². The van der Waals surface area contributed by atoms with Crippen LogP contribution < -0.4 is 14.4 Å².